The molecule has 1 aromatic heterocycles. The van der Waals surface area contributed by atoms with Crippen LogP contribution in [-0.4, -0.2) is 9.91 Å². The quantitative estimate of drug-likeness (QED) is 0.508. The number of hydrogen-bond donors (Lipinski definition) is 0. The van der Waals surface area contributed by atoms with E-state index in [0.717, 1.165) is 12.3 Å². The SMILES string of the molecule is O=[N+]([O-])c1cccnc1C(F)F. The summed E-state index contributed by atoms with van der Waals surface area (Å²) in [6.45, 7) is 0. The lowest BCUT2D eigenvalue weighted by atomic mass is 10.3. The lowest BCUT2D eigenvalue weighted by molar-refractivity contribution is -0.386. The number of nitrogens with zero attached hydrogens (tertiary/aromatic N) is 2. The molecule has 0 fully saturated rings. The molecule has 1 rings (SSSR count). The third kappa shape index (κ3) is 1.52. The Morgan fingerprint density at radius 3 is 2.67 bits per heavy atom. The molecule has 1 heterocycles. The van der Waals surface area contributed by atoms with E-state index >= 15 is 0 Å². The van der Waals surface area contributed by atoms with Gasteiger partial charge in [0.25, 0.3) is 12.1 Å². The van der Waals surface area contributed by atoms with E-state index in [1.54, 1.807) is 0 Å². The predicted molar refractivity (Wildman–Crippen MR) is 35.8 cm³/mol. The van der Waals surface area contributed by atoms with E-state index in [-0.39, 0.29) is 0 Å². The van der Waals surface area contributed by atoms with Gasteiger partial charge in [0, 0.05) is 12.3 Å². The zero-order chi connectivity index (χ0) is 9.14. The third-order valence-electron chi connectivity index (χ3n) is 1.22. The van der Waals surface area contributed by atoms with Crippen molar-refractivity contribution in [3.8, 4) is 0 Å². The summed E-state index contributed by atoms with van der Waals surface area (Å²) < 4.78 is 24.0. The average Bonchev–Trinajstić information content (AvgIpc) is 2.04. The standard InChI is InChI=1S/C6H4F2N2O2/c7-6(8)5-4(10(11)12)2-1-3-9-5/h1-3,6H. The van der Waals surface area contributed by atoms with Crippen LogP contribution in [0.4, 0.5) is 14.5 Å². The molecular weight excluding hydrogens is 170 g/mol. The molecule has 0 amide bonds. The van der Waals surface area contributed by atoms with E-state index in [1.165, 1.54) is 6.07 Å². The van der Waals surface area contributed by atoms with Gasteiger partial charge in [0.15, 0.2) is 5.69 Å². The van der Waals surface area contributed by atoms with Crippen molar-refractivity contribution in [1.29, 1.82) is 0 Å². The molecule has 12 heavy (non-hydrogen) atoms. The van der Waals surface area contributed by atoms with Crippen molar-refractivity contribution < 1.29 is 13.7 Å². The molecule has 0 unspecified atom stereocenters. The zero-order valence-corrected chi connectivity index (χ0v) is 5.78. The van der Waals surface area contributed by atoms with E-state index in [9.17, 15) is 18.9 Å². The van der Waals surface area contributed by atoms with E-state index in [2.05, 4.69) is 4.98 Å². The van der Waals surface area contributed by atoms with E-state index in [0.29, 0.717) is 0 Å². The molecule has 0 saturated heterocycles. The summed E-state index contributed by atoms with van der Waals surface area (Å²) in [4.78, 5) is 12.5. The summed E-state index contributed by atoms with van der Waals surface area (Å²) in [5, 5.41) is 10.2. The second-order valence-electron chi connectivity index (χ2n) is 1.97. The van der Waals surface area contributed by atoms with Crippen LogP contribution in [0.5, 0.6) is 0 Å². The van der Waals surface area contributed by atoms with Crippen LogP contribution in [0.3, 0.4) is 0 Å². The number of pyridine rings is 1. The van der Waals surface area contributed by atoms with Crippen LogP contribution in [-0.2, 0) is 0 Å². The van der Waals surface area contributed by atoms with Crippen molar-refractivity contribution in [2.45, 2.75) is 6.43 Å². The van der Waals surface area contributed by atoms with Gasteiger partial charge in [-0.2, -0.15) is 0 Å². The van der Waals surface area contributed by atoms with Crippen LogP contribution in [0.25, 0.3) is 0 Å². The van der Waals surface area contributed by atoms with Crippen molar-refractivity contribution in [2.75, 3.05) is 0 Å². The number of rotatable bonds is 2. The summed E-state index contributed by atoms with van der Waals surface area (Å²) >= 11 is 0. The van der Waals surface area contributed by atoms with E-state index in [4.69, 9.17) is 0 Å². The summed E-state index contributed by atoms with van der Waals surface area (Å²) in [6.07, 6.45) is -1.82. The summed E-state index contributed by atoms with van der Waals surface area (Å²) in [5.41, 5.74) is -1.44. The average molecular weight is 174 g/mol. The van der Waals surface area contributed by atoms with E-state index in [1.807, 2.05) is 0 Å². The number of aromatic nitrogens is 1. The van der Waals surface area contributed by atoms with Crippen molar-refractivity contribution in [1.82, 2.24) is 4.98 Å². The van der Waals surface area contributed by atoms with Crippen LogP contribution in [0.2, 0.25) is 0 Å². The third-order valence-corrected chi connectivity index (χ3v) is 1.22. The van der Waals surface area contributed by atoms with Crippen LogP contribution in [0, 0.1) is 10.1 Å². The van der Waals surface area contributed by atoms with Gasteiger partial charge in [-0.05, 0) is 6.07 Å². The Balaban J connectivity index is 3.17. The van der Waals surface area contributed by atoms with Crippen LogP contribution < -0.4 is 0 Å². The highest BCUT2D eigenvalue weighted by Crippen LogP contribution is 2.25. The first kappa shape index (κ1) is 8.51. The molecule has 0 saturated carbocycles. The highest BCUT2D eigenvalue weighted by molar-refractivity contribution is 5.34. The van der Waals surface area contributed by atoms with Crippen LogP contribution in [0.1, 0.15) is 12.1 Å². The second kappa shape index (κ2) is 3.21. The first-order chi connectivity index (χ1) is 5.63. The molecule has 6 heteroatoms. The number of alkyl halides is 2. The molecule has 0 aliphatic heterocycles. The highest BCUT2D eigenvalue weighted by atomic mass is 19.3. The van der Waals surface area contributed by atoms with Crippen molar-refractivity contribution in [3.05, 3.63) is 34.1 Å². The number of halogens is 2. The van der Waals surface area contributed by atoms with Gasteiger partial charge in [-0.3, -0.25) is 10.1 Å². The van der Waals surface area contributed by atoms with Gasteiger partial charge in [-0.25, -0.2) is 13.8 Å². The Labute approximate surface area is 66.0 Å². The molecule has 0 N–H and O–H groups in total. The van der Waals surface area contributed by atoms with Crippen LogP contribution >= 0.6 is 0 Å². The van der Waals surface area contributed by atoms with Gasteiger partial charge in [0.05, 0.1) is 4.92 Å². The lowest BCUT2D eigenvalue weighted by Crippen LogP contribution is -1.97. The summed E-state index contributed by atoms with van der Waals surface area (Å²) in [5.74, 6) is 0. The van der Waals surface area contributed by atoms with E-state index < -0.39 is 22.7 Å². The molecule has 0 bridgehead atoms. The molecule has 64 valence electrons. The fourth-order valence-corrected chi connectivity index (χ4v) is 0.732. The number of hydrogen-bond acceptors (Lipinski definition) is 3. The van der Waals surface area contributed by atoms with Gasteiger partial charge in [-0.1, -0.05) is 0 Å². The Morgan fingerprint density at radius 2 is 2.25 bits per heavy atom. The Bertz CT molecular complexity index is 303. The minimum Gasteiger partial charge on any atom is -0.258 e. The maximum absolute atomic E-state index is 12.0. The molecule has 0 spiro atoms. The normalized spacial score (nSPS) is 10.2. The lowest BCUT2D eigenvalue weighted by Gasteiger charge is -1.97. The molecule has 0 aliphatic rings. The maximum Gasteiger partial charge on any atom is 0.296 e. The first-order valence-electron chi connectivity index (χ1n) is 3.00. The Morgan fingerprint density at radius 1 is 1.58 bits per heavy atom. The van der Waals surface area contributed by atoms with Crippen molar-refractivity contribution in [2.24, 2.45) is 0 Å². The minimum atomic E-state index is -2.91. The zero-order valence-electron chi connectivity index (χ0n) is 5.78. The smallest absolute Gasteiger partial charge is 0.258 e. The predicted octanol–water partition coefficient (Wildman–Crippen LogP) is 1.93. The summed E-state index contributed by atoms with van der Waals surface area (Å²) in [6, 6.07) is 2.23. The largest absolute Gasteiger partial charge is 0.296 e. The molecule has 0 aromatic carbocycles. The molecule has 0 aliphatic carbocycles. The van der Waals surface area contributed by atoms with Gasteiger partial charge in [0.2, 0.25) is 0 Å². The van der Waals surface area contributed by atoms with Crippen LogP contribution in [0.15, 0.2) is 18.3 Å². The second-order valence-corrected chi connectivity index (χ2v) is 1.97. The highest BCUT2D eigenvalue weighted by Gasteiger charge is 2.21. The molecule has 1 aromatic rings. The summed E-state index contributed by atoms with van der Waals surface area (Å²) in [7, 11) is 0. The van der Waals surface area contributed by atoms with Gasteiger partial charge in [-0.15, -0.1) is 0 Å². The number of nitro groups is 1. The maximum atomic E-state index is 12.0. The van der Waals surface area contributed by atoms with Gasteiger partial charge in [0.1, 0.15) is 0 Å². The molecule has 4 nitrogen and oxygen atoms in total. The topological polar surface area (TPSA) is 56.0 Å². The fourth-order valence-electron chi connectivity index (χ4n) is 0.732. The van der Waals surface area contributed by atoms with Gasteiger partial charge < -0.3 is 0 Å². The monoisotopic (exact) mass is 174 g/mol. The Hall–Kier alpha value is -1.59. The van der Waals surface area contributed by atoms with Gasteiger partial charge >= 0.3 is 0 Å². The molecular formula is C6H4F2N2O2. The first-order valence-corrected chi connectivity index (χ1v) is 3.00. The fraction of sp³-hybridized carbons (Fsp3) is 0.167. The Kier molecular flexibility index (Phi) is 2.27. The van der Waals surface area contributed by atoms with Crippen molar-refractivity contribution in [3.63, 3.8) is 0 Å². The minimum absolute atomic E-state index is 0.646. The molecule has 0 atom stereocenters. The van der Waals surface area contributed by atoms with Crippen molar-refractivity contribution >= 4 is 5.69 Å². The molecule has 0 radical (unpaired) electrons.